The number of rotatable bonds is 23. The zero-order valence-corrected chi connectivity index (χ0v) is 25.0. The highest BCUT2D eigenvalue weighted by Gasteiger charge is 2.44. The molecule has 1 aliphatic heterocycles. The number of carbonyl (C=O) groups excluding carboxylic acids is 1. The van der Waals surface area contributed by atoms with Gasteiger partial charge in [-0.1, -0.05) is 77.4 Å². The van der Waals surface area contributed by atoms with Crippen molar-refractivity contribution in [1.29, 1.82) is 0 Å². The number of allylic oxidation sites excluding steroid dienone is 2. The summed E-state index contributed by atoms with van der Waals surface area (Å²) in [5.74, 6) is -0.729. The van der Waals surface area contributed by atoms with Crippen LogP contribution in [0.4, 0.5) is 0 Å². The summed E-state index contributed by atoms with van der Waals surface area (Å²) in [5.41, 5.74) is 0. The van der Waals surface area contributed by atoms with E-state index in [9.17, 15) is 40.5 Å². The summed E-state index contributed by atoms with van der Waals surface area (Å²) in [6.07, 6.45) is 5.77. The molecule has 0 radical (unpaired) electrons. The van der Waals surface area contributed by atoms with E-state index in [0.717, 1.165) is 25.7 Å². The summed E-state index contributed by atoms with van der Waals surface area (Å²) < 4.78 is 10.8. The van der Waals surface area contributed by atoms with Crippen LogP contribution in [0.5, 0.6) is 0 Å². The first-order valence-electron chi connectivity index (χ1n) is 15.6. The molecule has 0 aromatic heterocycles. The van der Waals surface area contributed by atoms with Crippen LogP contribution in [0.15, 0.2) is 12.2 Å². The Balaban J connectivity index is 2.55. The molecule has 1 rings (SSSR count). The molecule has 1 amide bonds. The third-order valence-corrected chi connectivity index (χ3v) is 7.57. The number of hydrogen-bond acceptors (Lipinski definition) is 10. The average Bonchev–Trinajstić information content (AvgIpc) is 2.97. The molecule has 0 aromatic carbocycles. The van der Waals surface area contributed by atoms with Gasteiger partial charge in [-0.15, -0.1) is 0 Å². The molecule has 242 valence electrons. The van der Waals surface area contributed by atoms with Crippen molar-refractivity contribution in [2.24, 2.45) is 0 Å². The predicted octanol–water partition coefficient (Wildman–Crippen LogP) is 1.43. The SMILES string of the molecule is CCCCCCCC/C=C\CCCCC(O)C(=O)NC(COC1OC(CO)C(O)C(O)C1O)C(O)C(O)CCCC. The number of ether oxygens (including phenoxy) is 2. The second-order valence-corrected chi connectivity index (χ2v) is 11.2. The summed E-state index contributed by atoms with van der Waals surface area (Å²) in [7, 11) is 0. The lowest BCUT2D eigenvalue weighted by Crippen LogP contribution is -2.60. The van der Waals surface area contributed by atoms with Gasteiger partial charge in [0.05, 0.1) is 25.4 Å². The van der Waals surface area contributed by atoms with Crippen LogP contribution in [0.2, 0.25) is 0 Å². The van der Waals surface area contributed by atoms with E-state index in [2.05, 4.69) is 24.4 Å². The van der Waals surface area contributed by atoms with Crippen LogP contribution in [-0.2, 0) is 14.3 Å². The Morgan fingerprint density at radius 3 is 2.07 bits per heavy atom. The summed E-state index contributed by atoms with van der Waals surface area (Å²) in [6.45, 7) is 3.07. The Bertz CT molecular complexity index is 694. The Labute approximate surface area is 245 Å². The molecule has 0 aromatic rings. The van der Waals surface area contributed by atoms with Gasteiger partial charge in [0.1, 0.15) is 36.6 Å². The van der Waals surface area contributed by atoms with Crippen molar-refractivity contribution in [2.75, 3.05) is 13.2 Å². The number of aliphatic hydroxyl groups is 7. The van der Waals surface area contributed by atoms with Crippen molar-refractivity contribution in [3.05, 3.63) is 12.2 Å². The van der Waals surface area contributed by atoms with E-state index in [4.69, 9.17) is 9.47 Å². The first-order valence-corrected chi connectivity index (χ1v) is 15.6. The van der Waals surface area contributed by atoms with Crippen molar-refractivity contribution < 1.29 is 50.0 Å². The van der Waals surface area contributed by atoms with Gasteiger partial charge in [-0.3, -0.25) is 4.79 Å². The maximum atomic E-state index is 12.7. The molecular formula is C30H57NO10. The van der Waals surface area contributed by atoms with Crippen LogP contribution in [0.3, 0.4) is 0 Å². The van der Waals surface area contributed by atoms with Crippen molar-refractivity contribution in [3.8, 4) is 0 Å². The normalized spacial score (nSPS) is 26.1. The first kappa shape index (κ1) is 37.9. The summed E-state index contributed by atoms with van der Waals surface area (Å²) >= 11 is 0. The van der Waals surface area contributed by atoms with Crippen molar-refractivity contribution >= 4 is 5.91 Å². The van der Waals surface area contributed by atoms with E-state index in [0.29, 0.717) is 12.8 Å². The number of hydrogen-bond donors (Lipinski definition) is 8. The molecule has 0 saturated carbocycles. The standard InChI is InChI=1S/C30H57NO10/c1-3-5-7-8-9-10-11-12-13-14-15-16-18-23(34)29(39)31-21(25(35)22(33)17-6-4-2)20-40-30-28(38)27(37)26(36)24(19-32)41-30/h12-13,21-28,30,32-38H,3-11,14-20H2,1-2H3,(H,31,39)/b13-12-. The van der Waals surface area contributed by atoms with E-state index in [-0.39, 0.29) is 12.8 Å². The molecule has 9 unspecified atom stereocenters. The van der Waals surface area contributed by atoms with Crippen molar-refractivity contribution in [2.45, 2.75) is 159 Å². The van der Waals surface area contributed by atoms with Gasteiger partial charge in [-0.2, -0.15) is 0 Å². The highest BCUT2D eigenvalue weighted by Crippen LogP contribution is 2.22. The second-order valence-electron chi connectivity index (χ2n) is 11.2. The molecule has 1 aliphatic rings. The summed E-state index contributed by atoms with van der Waals surface area (Å²) in [4.78, 5) is 12.7. The van der Waals surface area contributed by atoms with Crippen LogP contribution in [0, 0.1) is 0 Å². The summed E-state index contributed by atoms with van der Waals surface area (Å²) in [5, 5.41) is 73.7. The third kappa shape index (κ3) is 14.7. The monoisotopic (exact) mass is 591 g/mol. The molecule has 1 saturated heterocycles. The number of amides is 1. The van der Waals surface area contributed by atoms with Gasteiger partial charge >= 0.3 is 0 Å². The molecule has 0 aliphatic carbocycles. The van der Waals surface area contributed by atoms with Gasteiger partial charge in [-0.05, 0) is 38.5 Å². The molecule has 41 heavy (non-hydrogen) atoms. The zero-order valence-electron chi connectivity index (χ0n) is 25.0. The molecule has 1 heterocycles. The van der Waals surface area contributed by atoms with Crippen LogP contribution >= 0.6 is 0 Å². The van der Waals surface area contributed by atoms with Gasteiger partial charge < -0.3 is 50.5 Å². The minimum absolute atomic E-state index is 0.228. The van der Waals surface area contributed by atoms with E-state index in [1.54, 1.807) is 0 Å². The van der Waals surface area contributed by atoms with Gasteiger partial charge in [-0.25, -0.2) is 0 Å². The Hall–Kier alpha value is -1.15. The third-order valence-electron chi connectivity index (χ3n) is 7.57. The quantitative estimate of drug-likeness (QED) is 0.0637. The molecule has 9 atom stereocenters. The number of unbranched alkanes of at least 4 members (excludes halogenated alkanes) is 9. The zero-order chi connectivity index (χ0) is 30.6. The predicted molar refractivity (Wildman–Crippen MR) is 155 cm³/mol. The largest absolute Gasteiger partial charge is 0.394 e. The van der Waals surface area contributed by atoms with Gasteiger partial charge in [0.15, 0.2) is 6.29 Å². The first-order chi connectivity index (χ1) is 19.7. The van der Waals surface area contributed by atoms with Crippen LogP contribution in [-0.4, -0.2) is 110 Å². The van der Waals surface area contributed by atoms with Crippen molar-refractivity contribution in [3.63, 3.8) is 0 Å². The van der Waals surface area contributed by atoms with E-state index >= 15 is 0 Å². The number of carbonyl (C=O) groups is 1. The minimum atomic E-state index is -1.66. The highest BCUT2D eigenvalue weighted by atomic mass is 16.7. The molecule has 11 heteroatoms. The maximum Gasteiger partial charge on any atom is 0.249 e. The molecule has 0 spiro atoms. The van der Waals surface area contributed by atoms with Gasteiger partial charge in [0.2, 0.25) is 5.91 Å². The lowest BCUT2D eigenvalue weighted by molar-refractivity contribution is -0.303. The fraction of sp³-hybridized carbons (Fsp3) is 0.900. The lowest BCUT2D eigenvalue weighted by Gasteiger charge is -2.40. The number of aliphatic hydroxyl groups excluding tert-OH is 7. The van der Waals surface area contributed by atoms with Gasteiger partial charge in [0.25, 0.3) is 0 Å². The number of nitrogens with one attached hydrogen (secondary N) is 1. The Morgan fingerprint density at radius 2 is 1.44 bits per heavy atom. The topological polar surface area (TPSA) is 189 Å². The maximum absolute atomic E-state index is 12.7. The minimum Gasteiger partial charge on any atom is -0.394 e. The molecule has 0 bridgehead atoms. The van der Waals surface area contributed by atoms with E-state index in [1.165, 1.54) is 38.5 Å². The fourth-order valence-corrected chi connectivity index (χ4v) is 4.77. The lowest BCUT2D eigenvalue weighted by atomic mass is 9.99. The highest BCUT2D eigenvalue weighted by molar-refractivity contribution is 5.80. The molecule has 1 fully saturated rings. The molecular weight excluding hydrogens is 534 g/mol. The smallest absolute Gasteiger partial charge is 0.249 e. The van der Waals surface area contributed by atoms with Crippen molar-refractivity contribution in [1.82, 2.24) is 5.32 Å². The Kier molecular flexibility index (Phi) is 20.7. The van der Waals surface area contributed by atoms with E-state index in [1.807, 2.05) is 6.92 Å². The van der Waals surface area contributed by atoms with E-state index < -0.39 is 74.2 Å². The van der Waals surface area contributed by atoms with Crippen LogP contribution in [0.1, 0.15) is 104 Å². The average molecular weight is 592 g/mol. The van der Waals surface area contributed by atoms with Crippen LogP contribution < -0.4 is 5.32 Å². The Morgan fingerprint density at radius 1 is 0.829 bits per heavy atom. The summed E-state index contributed by atoms with van der Waals surface area (Å²) in [6, 6.07) is -1.17. The fourth-order valence-electron chi connectivity index (χ4n) is 4.77. The molecule has 8 N–H and O–H groups in total. The molecule has 11 nitrogen and oxygen atoms in total. The second kappa shape index (κ2) is 22.4. The van der Waals surface area contributed by atoms with Crippen LogP contribution in [0.25, 0.3) is 0 Å². The van der Waals surface area contributed by atoms with Gasteiger partial charge in [0, 0.05) is 0 Å².